The summed E-state index contributed by atoms with van der Waals surface area (Å²) in [6.07, 6.45) is 2.11. The lowest BCUT2D eigenvalue weighted by molar-refractivity contribution is -0.115. The van der Waals surface area contributed by atoms with Gasteiger partial charge in [-0.2, -0.15) is 5.10 Å². The van der Waals surface area contributed by atoms with E-state index in [-0.39, 0.29) is 12.3 Å². The first kappa shape index (κ1) is 17.0. The van der Waals surface area contributed by atoms with Crippen LogP contribution in [0.15, 0.2) is 48.7 Å². The molecule has 27 heavy (non-hydrogen) atoms. The van der Waals surface area contributed by atoms with Gasteiger partial charge in [-0.1, -0.05) is 12.1 Å². The van der Waals surface area contributed by atoms with Crippen LogP contribution in [0.4, 0.5) is 5.95 Å². The molecule has 0 radical (unpaired) electrons. The second kappa shape index (κ2) is 6.68. The number of aromatic nitrogens is 5. The van der Waals surface area contributed by atoms with Gasteiger partial charge >= 0.3 is 0 Å². The van der Waals surface area contributed by atoms with Crippen LogP contribution in [0, 0.1) is 20.8 Å². The summed E-state index contributed by atoms with van der Waals surface area (Å²) in [6.45, 7) is 5.98. The van der Waals surface area contributed by atoms with Gasteiger partial charge in [0, 0.05) is 11.9 Å². The Morgan fingerprint density at radius 2 is 1.81 bits per heavy atom. The van der Waals surface area contributed by atoms with Crippen molar-refractivity contribution >= 4 is 17.5 Å². The molecule has 136 valence electrons. The van der Waals surface area contributed by atoms with Crippen LogP contribution < -0.4 is 5.32 Å². The Morgan fingerprint density at radius 1 is 1.04 bits per heavy atom. The number of anilines is 1. The Labute approximate surface area is 156 Å². The van der Waals surface area contributed by atoms with Gasteiger partial charge in [0.1, 0.15) is 0 Å². The van der Waals surface area contributed by atoms with E-state index in [2.05, 4.69) is 20.6 Å². The van der Waals surface area contributed by atoms with Crippen LogP contribution in [0.1, 0.15) is 22.5 Å². The third kappa shape index (κ3) is 3.44. The number of fused-ring (bicyclic) bond motifs is 1. The average Bonchev–Trinajstić information content (AvgIpc) is 3.17. The Hall–Kier alpha value is -3.48. The molecular formula is C20H20N6O. The van der Waals surface area contributed by atoms with Crippen molar-refractivity contribution in [3.8, 4) is 5.69 Å². The Bertz CT molecular complexity index is 1120. The third-order valence-corrected chi connectivity index (χ3v) is 4.37. The number of rotatable bonds is 4. The second-order valence-corrected chi connectivity index (χ2v) is 6.69. The van der Waals surface area contributed by atoms with Crippen LogP contribution in [0.5, 0.6) is 0 Å². The van der Waals surface area contributed by atoms with Gasteiger partial charge in [0.2, 0.25) is 11.9 Å². The van der Waals surface area contributed by atoms with E-state index in [1.165, 1.54) is 0 Å². The van der Waals surface area contributed by atoms with Gasteiger partial charge in [0.25, 0.3) is 0 Å². The number of benzene rings is 1. The van der Waals surface area contributed by atoms with E-state index in [0.29, 0.717) is 11.6 Å². The minimum atomic E-state index is -0.135. The summed E-state index contributed by atoms with van der Waals surface area (Å²) in [4.78, 5) is 12.4. The maximum atomic E-state index is 12.4. The van der Waals surface area contributed by atoms with Crippen molar-refractivity contribution in [3.63, 3.8) is 0 Å². The molecule has 0 aliphatic carbocycles. The van der Waals surface area contributed by atoms with Crippen molar-refractivity contribution in [2.45, 2.75) is 27.2 Å². The maximum Gasteiger partial charge on any atom is 0.235 e. The molecule has 1 amide bonds. The molecule has 4 rings (SSSR count). The Kier molecular flexibility index (Phi) is 4.19. The number of aryl methyl sites for hydroxylation is 3. The summed E-state index contributed by atoms with van der Waals surface area (Å²) in [6, 6.07) is 13.7. The molecule has 3 aromatic heterocycles. The molecule has 0 unspecified atom stereocenters. The van der Waals surface area contributed by atoms with E-state index >= 15 is 0 Å². The predicted octanol–water partition coefficient (Wildman–Crippen LogP) is 3.02. The summed E-state index contributed by atoms with van der Waals surface area (Å²) in [7, 11) is 0. The standard InChI is InChI=1S/C20H20N6O/c1-13-8-9-25-18(10-13)22-23-20(25)21-19(27)12-16-4-6-17(7-5-16)26-15(3)11-14(2)24-26/h4-11H,12H2,1-3H3,(H,21,23,27). The molecule has 3 heterocycles. The highest BCUT2D eigenvalue weighted by Gasteiger charge is 2.11. The number of carbonyl (C=O) groups is 1. The van der Waals surface area contributed by atoms with Crippen molar-refractivity contribution in [2.75, 3.05) is 5.32 Å². The molecule has 1 N–H and O–H groups in total. The monoisotopic (exact) mass is 360 g/mol. The van der Waals surface area contributed by atoms with Gasteiger partial charge in [-0.25, -0.2) is 4.68 Å². The summed E-state index contributed by atoms with van der Waals surface area (Å²) in [5, 5.41) is 15.4. The van der Waals surface area contributed by atoms with Crippen LogP contribution in [-0.2, 0) is 11.2 Å². The molecule has 0 bridgehead atoms. The van der Waals surface area contributed by atoms with E-state index in [9.17, 15) is 4.79 Å². The van der Waals surface area contributed by atoms with E-state index in [0.717, 1.165) is 28.2 Å². The SMILES string of the molecule is Cc1ccn2c(NC(=O)Cc3ccc(-n4nc(C)cc4C)cc3)nnc2c1. The number of nitrogens with one attached hydrogen (secondary N) is 1. The first-order chi connectivity index (χ1) is 13.0. The van der Waals surface area contributed by atoms with Gasteiger partial charge in [-0.15, -0.1) is 10.2 Å². The van der Waals surface area contributed by atoms with Gasteiger partial charge in [0.15, 0.2) is 5.65 Å². The molecule has 0 saturated carbocycles. The van der Waals surface area contributed by atoms with Crippen molar-refractivity contribution in [2.24, 2.45) is 0 Å². The number of pyridine rings is 1. The van der Waals surface area contributed by atoms with Crippen LogP contribution >= 0.6 is 0 Å². The number of nitrogens with zero attached hydrogens (tertiary/aromatic N) is 5. The molecule has 0 atom stereocenters. The normalized spacial score (nSPS) is 11.1. The van der Waals surface area contributed by atoms with Crippen LogP contribution in [0.25, 0.3) is 11.3 Å². The number of hydrogen-bond acceptors (Lipinski definition) is 4. The van der Waals surface area contributed by atoms with E-state index < -0.39 is 0 Å². The fraction of sp³-hybridized carbons (Fsp3) is 0.200. The van der Waals surface area contributed by atoms with Crippen LogP contribution in [-0.4, -0.2) is 30.3 Å². The molecular weight excluding hydrogens is 340 g/mol. The zero-order chi connectivity index (χ0) is 19.0. The van der Waals surface area contributed by atoms with Gasteiger partial charge in [-0.05, 0) is 62.2 Å². The predicted molar refractivity (Wildman–Crippen MR) is 103 cm³/mol. The average molecular weight is 360 g/mol. The van der Waals surface area contributed by atoms with E-state index in [1.54, 1.807) is 4.40 Å². The first-order valence-corrected chi connectivity index (χ1v) is 8.73. The first-order valence-electron chi connectivity index (χ1n) is 8.73. The number of amides is 1. The van der Waals surface area contributed by atoms with Crippen molar-refractivity contribution < 1.29 is 4.79 Å². The fourth-order valence-corrected chi connectivity index (χ4v) is 3.08. The quantitative estimate of drug-likeness (QED) is 0.607. The summed E-state index contributed by atoms with van der Waals surface area (Å²) in [5.74, 6) is 0.290. The summed E-state index contributed by atoms with van der Waals surface area (Å²) in [5.41, 5.74) is 5.75. The minimum absolute atomic E-state index is 0.135. The van der Waals surface area contributed by atoms with E-state index in [1.807, 2.05) is 74.1 Å². The lowest BCUT2D eigenvalue weighted by Gasteiger charge is -2.07. The summed E-state index contributed by atoms with van der Waals surface area (Å²) >= 11 is 0. The second-order valence-electron chi connectivity index (χ2n) is 6.69. The molecule has 0 aliphatic heterocycles. The maximum absolute atomic E-state index is 12.4. The highest BCUT2D eigenvalue weighted by molar-refractivity contribution is 5.91. The molecule has 0 aliphatic rings. The fourth-order valence-electron chi connectivity index (χ4n) is 3.08. The molecule has 1 aromatic carbocycles. The molecule has 4 aromatic rings. The van der Waals surface area contributed by atoms with Crippen molar-refractivity contribution in [3.05, 3.63) is 71.2 Å². The van der Waals surface area contributed by atoms with Gasteiger partial charge in [-0.3, -0.25) is 14.5 Å². The number of carbonyl (C=O) groups excluding carboxylic acids is 1. The largest absolute Gasteiger partial charge is 0.294 e. The third-order valence-electron chi connectivity index (χ3n) is 4.37. The van der Waals surface area contributed by atoms with E-state index in [4.69, 9.17) is 0 Å². The minimum Gasteiger partial charge on any atom is -0.294 e. The Morgan fingerprint density at radius 3 is 2.52 bits per heavy atom. The molecule has 7 nitrogen and oxygen atoms in total. The Balaban J connectivity index is 1.47. The molecule has 0 spiro atoms. The highest BCUT2D eigenvalue weighted by atomic mass is 16.1. The lowest BCUT2D eigenvalue weighted by Crippen LogP contribution is -2.16. The zero-order valence-electron chi connectivity index (χ0n) is 15.5. The van der Waals surface area contributed by atoms with Crippen molar-refractivity contribution in [1.29, 1.82) is 0 Å². The number of hydrogen-bond donors (Lipinski definition) is 1. The topological polar surface area (TPSA) is 77.1 Å². The van der Waals surface area contributed by atoms with Gasteiger partial charge < -0.3 is 0 Å². The molecule has 7 heteroatoms. The molecule has 0 fully saturated rings. The van der Waals surface area contributed by atoms with Crippen LogP contribution in [0.2, 0.25) is 0 Å². The van der Waals surface area contributed by atoms with Crippen LogP contribution in [0.3, 0.4) is 0 Å². The lowest BCUT2D eigenvalue weighted by atomic mass is 10.1. The summed E-state index contributed by atoms with van der Waals surface area (Å²) < 4.78 is 3.65. The van der Waals surface area contributed by atoms with Crippen molar-refractivity contribution in [1.82, 2.24) is 24.4 Å². The zero-order valence-corrected chi connectivity index (χ0v) is 15.5. The highest BCUT2D eigenvalue weighted by Crippen LogP contribution is 2.14. The van der Waals surface area contributed by atoms with Gasteiger partial charge in [0.05, 0.1) is 17.8 Å². The molecule has 0 saturated heterocycles. The smallest absolute Gasteiger partial charge is 0.235 e.